The Morgan fingerprint density at radius 2 is 1.73 bits per heavy atom. The summed E-state index contributed by atoms with van der Waals surface area (Å²) in [7, 11) is 0. The van der Waals surface area contributed by atoms with Gasteiger partial charge in [0.1, 0.15) is 12.4 Å². The lowest BCUT2D eigenvalue weighted by atomic mass is 10.1. The molecule has 1 aliphatic rings. The Hall–Kier alpha value is -3.42. The van der Waals surface area contributed by atoms with Gasteiger partial charge in [-0.05, 0) is 61.3 Å². The quantitative estimate of drug-likeness (QED) is 0.451. The van der Waals surface area contributed by atoms with Crippen molar-refractivity contribution in [1.29, 1.82) is 0 Å². The van der Waals surface area contributed by atoms with Crippen LogP contribution in [-0.4, -0.2) is 44.0 Å². The average Bonchev–Trinajstić information content (AvgIpc) is 3.51. The van der Waals surface area contributed by atoms with Gasteiger partial charge in [0.25, 0.3) is 5.56 Å². The van der Waals surface area contributed by atoms with Crippen LogP contribution in [0, 0.1) is 0 Å². The molecule has 170 valence electrons. The molecular formula is C26H28N4O3. The van der Waals surface area contributed by atoms with Crippen LogP contribution in [0.5, 0.6) is 5.75 Å². The molecule has 4 aromatic rings. The van der Waals surface area contributed by atoms with Crippen LogP contribution in [0.15, 0.2) is 71.8 Å². The first-order chi connectivity index (χ1) is 16.2. The van der Waals surface area contributed by atoms with Crippen molar-refractivity contribution in [2.45, 2.75) is 32.6 Å². The van der Waals surface area contributed by atoms with E-state index >= 15 is 0 Å². The monoisotopic (exact) mass is 444 g/mol. The molecule has 1 aliphatic heterocycles. The second kappa shape index (κ2) is 9.60. The molecule has 7 nitrogen and oxygen atoms in total. The smallest absolute Gasteiger partial charge is 0.258 e. The normalized spacial score (nSPS) is 14.2. The highest BCUT2D eigenvalue weighted by Crippen LogP contribution is 2.19. The molecule has 0 saturated carbocycles. The van der Waals surface area contributed by atoms with Crippen LogP contribution in [0.1, 0.15) is 24.0 Å². The SMILES string of the molecule is O=c1cc(OCc2ccc(CO)cc2)ccn1-c1ccc2c(cnn2CCN2CCCC2)c1. The Balaban J connectivity index is 1.28. The van der Waals surface area contributed by atoms with E-state index in [0.29, 0.717) is 12.4 Å². The van der Waals surface area contributed by atoms with Gasteiger partial charge < -0.3 is 14.7 Å². The van der Waals surface area contributed by atoms with Gasteiger partial charge in [0.05, 0.1) is 24.9 Å². The van der Waals surface area contributed by atoms with E-state index < -0.39 is 0 Å². The maximum Gasteiger partial charge on any atom is 0.258 e. The van der Waals surface area contributed by atoms with Crippen molar-refractivity contribution in [2.75, 3.05) is 19.6 Å². The molecule has 0 spiro atoms. The lowest BCUT2D eigenvalue weighted by Gasteiger charge is -2.14. The van der Waals surface area contributed by atoms with E-state index in [1.54, 1.807) is 16.8 Å². The van der Waals surface area contributed by atoms with E-state index in [2.05, 4.69) is 10.00 Å². The van der Waals surface area contributed by atoms with Crippen LogP contribution in [-0.2, 0) is 19.8 Å². The predicted octanol–water partition coefficient (Wildman–Crippen LogP) is 3.35. The van der Waals surface area contributed by atoms with Gasteiger partial charge in [-0.1, -0.05) is 24.3 Å². The van der Waals surface area contributed by atoms with Crippen molar-refractivity contribution < 1.29 is 9.84 Å². The van der Waals surface area contributed by atoms with Crippen molar-refractivity contribution >= 4 is 10.9 Å². The molecule has 0 unspecified atom stereocenters. The Morgan fingerprint density at radius 3 is 2.48 bits per heavy atom. The number of ether oxygens (including phenoxy) is 1. The minimum atomic E-state index is -0.149. The van der Waals surface area contributed by atoms with Crippen molar-refractivity contribution in [3.63, 3.8) is 0 Å². The van der Waals surface area contributed by atoms with Crippen LogP contribution in [0.3, 0.4) is 0 Å². The first kappa shape index (κ1) is 21.4. The average molecular weight is 445 g/mol. The van der Waals surface area contributed by atoms with Gasteiger partial charge in [-0.3, -0.25) is 14.0 Å². The van der Waals surface area contributed by atoms with Gasteiger partial charge in [0.15, 0.2) is 0 Å². The summed E-state index contributed by atoms with van der Waals surface area (Å²) in [6.45, 7) is 4.63. The molecular weight excluding hydrogens is 416 g/mol. The molecule has 0 bridgehead atoms. The summed E-state index contributed by atoms with van der Waals surface area (Å²) in [5, 5.41) is 14.7. The summed E-state index contributed by atoms with van der Waals surface area (Å²) >= 11 is 0. The van der Waals surface area contributed by atoms with Crippen LogP contribution < -0.4 is 10.3 Å². The number of benzene rings is 2. The number of nitrogens with zero attached hydrogens (tertiary/aromatic N) is 4. The highest BCUT2D eigenvalue weighted by molar-refractivity contribution is 5.80. The van der Waals surface area contributed by atoms with Crippen molar-refractivity contribution in [3.8, 4) is 11.4 Å². The van der Waals surface area contributed by atoms with Gasteiger partial charge in [0, 0.05) is 29.9 Å². The summed E-state index contributed by atoms with van der Waals surface area (Å²) < 4.78 is 9.45. The third-order valence-electron chi connectivity index (χ3n) is 6.23. The minimum Gasteiger partial charge on any atom is -0.489 e. The third-order valence-corrected chi connectivity index (χ3v) is 6.23. The number of aliphatic hydroxyl groups excluding tert-OH is 1. The predicted molar refractivity (Wildman–Crippen MR) is 128 cm³/mol. The van der Waals surface area contributed by atoms with E-state index in [9.17, 15) is 4.79 Å². The zero-order valence-corrected chi connectivity index (χ0v) is 18.6. The van der Waals surface area contributed by atoms with Crippen LogP contribution in [0.25, 0.3) is 16.6 Å². The fourth-order valence-electron chi connectivity index (χ4n) is 4.32. The number of hydrogen-bond acceptors (Lipinski definition) is 5. The number of pyridine rings is 1. The van der Waals surface area contributed by atoms with Crippen molar-refractivity contribution in [1.82, 2.24) is 19.2 Å². The number of fused-ring (bicyclic) bond motifs is 1. The van der Waals surface area contributed by atoms with E-state index in [1.165, 1.54) is 32.0 Å². The lowest BCUT2D eigenvalue weighted by Crippen LogP contribution is -2.24. The summed E-state index contributed by atoms with van der Waals surface area (Å²) in [5.41, 5.74) is 3.57. The van der Waals surface area contributed by atoms with Crippen LogP contribution in [0.4, 0.5) is 0 Å². The summed E-state index contributed by atoms with van der Waals surface area (Å²) in [6.07, 6.45) is 6.19. The number of aliphatic hydroxyl groups is 1. The molecule has 1 N–H and O–H groups in total. The number of aromatic nitrogens is 3. The molecule has 0 aliphatic carbocycles. The van der Waals surface area contributed by atoms with Crippen LogP contribution in [0.2, 0.25) is 0 Å². The molecule has 33 heavy (non-hydrogen) atoms. The first-order valence-corrected chi connectivity index (χ1v) is 11.4. The fraction of sp³-hybridized carbons (Fsp3) is 0.308. The molecule has 2 aromatic carbocycles. The van der Waals surface area contributed by atoms with E-state index in [1.807, 2.05) is 53.3 Å². The number of rotatable bonds is 8. The van der Waals surface area contributed by atoms with E-state index in [-0.39, 0.29) is 12.2 Å². The Morgan fingerprint density at radius 1 is 0.939 bits per heavy atom. The Bertz CT molecular complexity index is 1290. The second-order valence-electron chi connectivity index (χ2n) is 8.49. The highest BCUT2D eigenvalue weighted by Gasteiger charge is 2.12. The Labute approximate surface area is 192 Å². The summed E-state index contributed by atoms with van der Waals surface area (Å²) in [4.78, 5) is 15.2. The molecule has 7 heteroatoms. The maximum atomic E-state index is 12.8. The lowest BCUT2D eigenvalue weighted by molar-refractivity contribution is 0.281. The summed E-state index contributed by atoms with van der Waals surface area (Å²) in [6, 6.07) is 16.8. The molecule has 0 atom stereocenters. The molecule has 5 rings (SSSR count). The van der Waals surface area contributed by atoms with Gasteiger partial charge in [-0.2, -0.15) is 5.10 Å². The summed E-state index contributed by atoms with van der Waals surface area (Å²) in [5.74, 6) is 0.526. The third kappa shape index (κ3) is 4.84. The second-order valence-corrected chi connectivity index (χ2v) is 8.49. The minimum absolute atomic E-state index is 0.0184. The van der Waals surface area contributed by atoms with E-state index in [4.69, 9.17) is 9.84 Å². The molecule has 1 fully saturated rings. The number of likely N-dealkylation sites (tertiary alicyclic amines) is 1. The molecule has 0 radical (unpaired) electrons. The van der Waals surface area contributed by atoms with Gasteiger partial charge >= 0.3 is 0 Å². The standard InChI is InChI=1S/C26H28N4O3/c31-18-20-3-5-21(6-4-20)19-33-24-9-12-29(26(32)16-24)23-7-8-25-22(15-23)17-27-30(25)14-13-28-10-1-2-11-28/h3-9,12,15-17,31H,1-2,10-11,13-14,18-19H2. The molecule has 3 heterocycles. The fourth-order valence-corrected chi connectivity index (χ4v) is 4.32. The first-order valence-electron chi connectivity index (χ1n) is 11.4. The zero-order chi connectivity index (χ0) is 22.6. The largest absolute Gasteiger partial charge is 0.489 e. The van der Waals surface area contributed by atoms with Crippen molar-refractivity contribution in [2.24, 2.45) is 0 Å². The van der Waals surface area contributed by atoms with Gasteiger partial charge in [-0.15, -0.1) is 0 Å². The highest BCUT2D eigenvalue weighted by atomic mass is 16.5. The van der Waals surface area contributed by atoms with E-state index in [0.717, 1.165) is 40.8 Å². The maximum absolute atomic E-state index is 12.8. The molecule has 0 amide bonds. The topological polar surface area (TPSA) is 72.5 Å². The molecule has 2 aromatic heterocycles. The van der Waals surface area contributed by atoms with Gasteiger partial charge in [0.2, 0.25) is 0 Å². The zero-order valence-electron chi connectivity index (χ0n) is 18.6. The number of hydrogen-bond donors (Lipinski definition) is 1. The van der Waals surface area contributed by atoms with Gasteiger partial charge in [-0.25, -0.2) is 0 Å². The molecule has 1 saturated heterocycles. The Kier molecular flexibility index (Phi) is 6.24. The van der Waals surface area contributed by atoms with Crippen molar-refractivity contribution in [3.05, 3.63) is 88.5 Å². The van der Waals surface area contributed by atoms with Crippen LogP contribution >= 0.6 is 0 Å².